The highest BCUT2D eigenvalue weighted by Gasteiger charge is 2.29. The predicted octanol–water partition coefficient (Wildman–Crippen LogP) is 2.61. The van der Waals surface area contributed by atoms with Crippen LogP contribution in [-0.2, 0) is 14.8 Å². The zero-order valence-corrected chi connectivity index (χ0v) is 17.0. The number of nitrogens with zero attached hydrogens (tertiary/aromatic N) is 3. The molecule has 0 aliphatic carbocycles. The van der Waals surface area contributed by atoms with Gasteiger partial charge in [0.2, 0.25) is 21.8 Å². The Morgan fingerprint density at radius 3 is 2.07 bits per heavy atom. The average Bonchev–Trinajstić information content (AvgIpc) is 2.65. The van der Waals surface area contributed by atoms with Gasteiger partial charge in [0.05, 0.1) is 17.5 Å². The highest BCUT2D eigenvalue weighted by molar-refractivity contribution is 7.92. The quantitative estimate of drug-likeness (QED) is 0.678. The van der Waals surface area contributed by atoms with Crippen molar-refractivity contribution >= 4 is 33.2 Å². The summed E-state index contributed by atoms with van der Waals surface area (Å²) >= 11 is 0. The van der Waals surface area contributed by atoms with Crippen LogP contribution in [0.25, 0.3) is 0 Å². The van der Waals surface area contributed by atoms with Crippen LogP contribution in [0.5, 0.6) is 5.88 Å². The second-order valence-electron chi connectivity index (χ2n) is 6.22. The number of carbonyl (C=O) groups is 2. The Bertz CT molecular complexity index is 1020. The SMILES string of the molecule is CC(=O)N(C)c1ccc(N(C(=O)c2ccc(OCC(F)(F)F)nc2)S(C)(=O)=O)cc1. The van der Waals surface area contributed by atoms with Crippen LogP contribution in [0, 0.1) is 0 Å². The lowest BCUT2D eigenvalue weighted by molar-refractivity contribution is -0.154. The Morgan fingerprint density at radius 1 is 1.07 bits per heavy atom. The molecule has 0 N–H and O–H groups in total. The number of pyridine rings is 1. The topological polar surface area (TPSA) is 96.9 Å². The molecule has 0 aliphatic heterocycles. The van der Waals surface area contributed by atoms with Crippen LogP contribution in [0.3, 0.4) is 0 Å². The number of aromatic nitrogens is 1. The molecule has 0 fully saturated rings. The van der Waals surface area contributed by atoms with E-state index < -0.39 is 28.7 Å². The first-order valence-corrected chi connectivity index (χ1v) is 10.2. The van der Waals surface area contributed by atoms with Crippen LogP contribution in [-0.4, -0.2) is 51.3 Å². The maximum absolute atomic E-state index is 12.8. The fourth-order valence-corrected chi connectivity index (χ4v) is 3.23. The summed E-state index contributed by atoms with van der Waals surface area (Å²) in [5.41, 5.74) is 0.324. The number of alkyl halides is 3. The van der Waals surface area contributed by atoms with E-state index in [0.29, 0.717) is 9.99 Å². The Balaban J connectivity index is 2.30. The Hall–Kier alpha value is -3.15. The first-order chi connectivity index (χ1) is 13.8. The van der Waals surface area contributed by atoms with Crippen molar-refractivity contribution in [1.82, 2.24) is 4.98 Å². The van der Waals surface area contributed by atoms with Gasteiger partial charge in [0, 0.05) is 31.9 Å². The lowest BCUT2D eigenvalue weighted by atomic mass is 10.2. The van der Waals surface area contributed by atoms with Gasteiger partial charge in [0.15, 0.2) is 6.61 Å². The third kappa shape index (κ3) is 5.92. The van der Waals surface area contributed by atoms with E-state index in [9.17, 15) is 31.2 Å². The Morgan fingerprint density at radius 2 is 1.63 bits per heavy atom. The smallest absolute Gasteiger partial charge is 0.422 e. The maximum Gasteiger partial charge on any atom is 0.422 e. The normalized spacial score (nSPS) is 11.7. The van der Waals surface area contributed by atoms with Crippen molar-refractivity contribution in [1.29, 1.82) is 0 Å². The van der Waals surface area contributed by atoms with Crippen LogP contribution in [0.15, 0.2) is 42.6 Å². The third-order valence-electron chi connectivity index (χ3n) is 3.83. The molecule has 162 valence electrons. The molecule has 8 nitrogen and oxygen atoms in total. The molecule has 0 radical (unpaired) electrons. The fraction of sp³-hybridized carbons (Fsp3) is 0.278. The average molecular weight is 445 g/mol. The first-order valence-electron chi connectivity index (χ1n) is 8.34. The van der Waals surface area contributed by atoms with E-state index >= 15 is 0 Å². The minimum atomic E-state index is -4.55. The molecule has 12 heteroatoms. The predicted molar refractivity (Wildman–Crippen MR) is 103 cm³/mol. The van der Waals surface area contributed by atoms with Crippen molar-refractivity contribution in [3.05, 3.63) is 48.2 Å². The Labute approximate surface area is 170 Å². The molecule has 0 aliphatic rings. The summed E-state index contributed by atoms with van der Waals surface area (Å²) < 4.78 is 66.0. The summed E-state index contributed by atoms with van der Waals surface area (Å²) in [5, 5.41) is 0. The molecule has 2 aromatic rings. The van der Waals surface area contributed by atoms with E-state index in [4.69, 9.17) is 0 Å². The lowest BCUT2D eigenvalue weighted by Crippen LogP contribution is -2.36. The number of anilines is 2. The van der Waals surface area contributed by atoms with Gasteiger partial charge in [-0.1, -0.05) is 0 Å². The van der Waals surface area contributed by atoms with E-state index in [0.717, 1.165) is 24.6 Å². The van der Waals surface area contributed by atoms with E-state index in [1.165, 1.54) is 43.1 Å². The second-order valence-corrected chi connectivity index (χ2v) is 8.05. The summed E-state index contributed by atoms with van der Waals surface area (Å²) in [7, 11) is -2.53. The monoisotopic (exact) mass is 445 g/mol. The molecule has 0 unspecified atom stereocenters. The molecule has 2 amide bonds. The van der Waals surface area contributed by atoms with Gasteiger partial charge in [-0.3, -0.25) is 9.59 Å². The number of sulfonamides is 1. The van der Waals surface area contributed by atoms with Gasteiger partial charge in [0.25, 0.3) is 5.91 Å². The molecule has 0 spiro atoms. The summed E-state index contributed by atoms with van der Waals surface area (Å²) in [4.78, 5) is 29.1. The van der Waals surface area contributed by atoms with Crippen molar-refractivity contribution in [3.63, 3.8) is 0 Å². The highest BCUT2D eigenvalue weighted by Crippen LogP contribution is 2.25. The molecule has 1 heterocycles. The van der Waals surface area contributed by atoms with E-state index in [1.807, 2.05) is 0 Å². The van der Waals surface area contributed by atoms with Gasteiger partial charge in [-0.05, 0) is 30.3 Å². The largest absolute Gasteiger partial charge is 0.468 e. The standard InChI is InChI=1S/C18H18F3N3O5S/c1-12(25)23(2)14-5-7-15(8-6-14)24(30(3,27)28)17(26)13-4-9-16(22-10-13)29-11-18(19,20)21/h4-10H,11H2,1-3H3. The number of hydrogen-bond donors (Lipinski definition) is 0. The number of amides is 2. The molecule has 1 aromatic carbocycles. The van der Waals surface area contributed by atoms with Gasteiger partial charge < -0.3 is 9.64 Å². The summed E-state index contributed by atoms with van der Waals surface area (Å²) in [6, 6.07) is 7.77. The molecule has 1 aromatic heterocycles. The van der Waals surface area contributed by atoms with Crippen molar-refractivity contribution in [2.75, 3.05) is 29.1 Å². The van der Waals surface area contributed by atoms with Crippen LogP contribution in [0.4, 0.5) is 24.5 Å². The van der Waals surface area contributed by atoms with E-state index in [2.05, 4.69) is 9.72 Å². The number of hydrogen-bond acceptors (Lipinski definition) is 6. The minimum Gasteiger partial charge on any atom is -0.468 e. The Kier molecular flexibility index (Phi) is 6.70. The third-order valence-corrected chi connectivity index (χ3v) is 4.87. The van der Waals surface area contributed by atoms with Gasteiger partial charge in [0.1, 0.15) is 0 Å². The molecular weight excluding hydrogens is 427 g/mol. The van der Waals surface area contributed by atoms with Crippen LogP contribution in [0.2, 0.25) is 0 Å². The van der Waals surface area contributed by atoms with Crippen LogP contribution < -0.4 is 13.9 Å². The van der Waals surface area contributed by atoms with Crippen molar-refractivity contribution in [2.45, 2.75) is 13.1 Å². The first kappa shape index (κ1) is 23.1. The summed E-state index contributed by atoms with van der Waals surface area (Å²) in [6.45, 7) is -0.195. The second kappa shape index (κ2) is 8.69. The number of rotatable bonds is 6. The fourth-order valence-electron chi connectivity index (χ4n) is 2.32. The van der Waals surface area contributed by atoms with Crippen molar-refractivity contribution in [2.24, 2.45) is 0 Å². The van der Waals surface area contributed by atoms with Crippen LogP contribution >= 0.6 is 0 Å². The number of ether oxygens (including phenoxy) is 1. The minimum absolute atomic E-state index is 0.0144. The maximum atomic E-state index is 12.8. The highest BCUT2D eigenvalue weighted by atomic mass is 32.2. The number of benzene rings is 1. The number of carbonyl (C=O) groups excluding carboxylic acids is 2. The molecule has 0 bridgehead atoms. The zero-order chi connectivity index (χ0) is 22.7. The zero-order valence-electron chi connectivity index (χ0n) is 16.2. The van der Waals surface area contributed by atoms with Crippen molar-refractivity contribution < 1.29 is 35.9 Å². The lowest BCUT2D eigenvalue weighted by Gasteiger charge is -2.22. The van der Waals surface area contributed by atoms with Gasteiger partial charge in [-0.2, -0.15) is 13.2 Å². The van der Waals surface area contributed by atoms with E-state index in [1.54, 1.807) is 0 Å². The van der Waals surface area contributed by atoms with E-state index in [-0.39, 0.29) is 23.0 Å². The summed E-state index contributed by atoms with van der Waals surface area (Å²) in [6.07, 6.45) is -2.80. The molecule has 0 atom stereocenters. The van der Waals surface area contributed by atoms with Gasteiger partial charge in [-0.15, -0.1) is 0 Å². The molecular formula is C18H18F3N3O5S. The van der Waals surface area contributed by atoms with Crippen LogP contribution in [0.1, 0.15) is 17.3 Å². The molecule has 2 rings (SSSR count). The summed E-state index contributed by atoms with van der Waals surface area (Å²) in [5.74, 6) is -1.57. The number of halogens is 3. The molecule has 0 saturated heterocycles. The molecule has 30 heavy (non-hydrogen) atoms. The van der Waals surface area contributed by atoms with Gasteiger partial charge in [-0.25, -0.2) is 17.7 Å². The van der Waals surface area contributed by atoms with Gasteiger partial charge >= 0.3 is 6.18 Å². The molecule has 0 saturated carbocycles. The van der Waals surface area contributed by atoms with Crippen molar-refractivity contribution in [3.8, 4) is 5.88 Å².